The number of H-pyrrole nitrogens is 1. The molecule has 1 aromatic rings. The Kier molecular flexibility index (Phi) is 6.39. The monoisotopic (exact) mass is 332 g/mol. The fourth-order valence-corrected chi connectivity index (χ4v) is 2.44. The van der Waals surface area contributed by atoms with Gasteiger partial charge in [-0.05, 0) is 12.8 Å². The fourth-order valence-electron chi connectivity index (χ4n) is 2.44. The van der Waals surface area contributed by atoms with E-state index < -0.39 is 29.7 Å². The highest BCUT2D eigenvalue weighted by Crippen LogP contribution is 2.27. The van der Waals surface area contributed by atoms with E-state index in [0.717, 1.165) is 12.8 Å². The van der Waals surface area contributed by atoms with Gasteiger partial charge >= 0.3 is 5.69 Å². The molecule has 1 saturated heterocycles. The third-order valence-electron chi connectivity index (χ3n) is 3.76. The van der Waals surface area contributed by atoms with Crippen molar-refractivity contribution < 1.29 is 14.9 Å². The summed E-state index contributed by atoms with van der Waals surface area (Å²) in [5.41, 5.74) is -1.06. The molecule has 7 heteroatoms. The summed E-state index contributed by atoms with van der Waals surface area (Å²) in [6.45, 7) is -0.347. The molecule has 1 fully saturated rings. The van der Waals surface area contributed by atoms with Gasteiger partial charge in [0, 0.05) is 25.5 Å². The zero-order valence-corrected chi connectivity index (χ0v) is 13.2. The van der Waals surface area contributed by atoms with Crippen LogP contribution in [0.1, 0.15) is 43.9 Å². The van der Waals surface area contributed by atoms with E-state index in [4.69, 9.17) is 16.3 Å². The van der Waals surface area contributed by atoms with Gasteiger partial charge in [-0.25, -0.2) is 4.79 Å². The van der Waals surface area contributed by atoms with E-state index in [9.17, 15) is 14.7 Å². The number of aromatic nitrogens is 2. The number of aromatic amines is 1. The topological polar surface area (TPSA) is 105 Å². The molecule has 1 aromatic heterocycles. The van der Waals surface area contributed by atoms with Gasteiger partial charge < -0.3 is 14.9 Å². The van der Waals surface area contributed by atoms with E-state index in [0.29, 0.717) is 12.8 Å². The first kappa shape index (κ1) is 18.0. The lowest BCUT2D eigenvalue weighted by molar-refractivity contribution is -0.0459. The van der Waals surface area contributed by atoms with Crippen LogP contribution in [-0.2, 0) is 4.74 Å². The van der Waals surface area contributed by atoms with Crippen molar-refractivity contribution in [1.82, 2.24) is 9.55 Å². The number of unbranched alkanes of at least 4 members (excludes halogenated alkanes) is 3. The summed E-state index contributed by atoms with van der Waals surface area (Å²) in [7, 11) is 0. The number of rotatable bonds is 5. The van der Waals surface area contributed by atoms with Crippen molar-refractivity contribution in [2.75, 3.05) is 6.61 Å². The molecule has 3 atom stereocenters. The average molecular weight is 332 g/mol. The Labute approximate surface area is 139 Å². The smallest absolute Gasteiger partial charge is 0.330 e. The molecule has 1 aliphatic heterocycles. The van der Waals surface area contributed by atoms with Gasteiger partial charge in [0.05, 0.1) is 12.7 Å². The molecule has 0 saturated carbocycles. The van der Waals surface area contributed by atoms with Crippen molar-refractivity contribution in [3.05, 3.63) is 32.6 Å². The van der Waals surface area contributed by atoms with E-state index in [2.05, 4.69) is 22.7 Å². The first-order chi connectivity index (χ1) is 11.6. The van der Waals surface area contributed by atoms with Crippen LogP contribution in [0, 0.1) is 24.2 Å². The van der Waals surface area contributed by atoms with E-state index in [1.807, 2.05) is 0 Å². The quantitative estimate of drug-likeness (QED) is 0.508. The Hall–Kier alpha value is -2.32. The third kappa shape index (κ3) is 4.36. The van der Waals surface area contributed by atoms with Crippen LogP contribution in [0.3, 0.4) is 0 Å². The van der Waals surface area contributed by atoms with E-state index in [1.165, 1.54) is 10.8 Å². The normalized spacial score (nSPS) is 22.6. The van der Waals surface area contributed by atoms with E-state index in [-0.39, 0.29) is 18.6 Å². The minimum Gasteiger partial charge on any atom is -0.394 e. The second-order valence-corrected chi connectivity index (χ2v) is 5.54. The van der Waals surface area contributed by atoms with Gasteiger partial charge in [0.25, 0.3) is 5.56 Å². The molecule has 1 aliphatic rings. The zero-order valence-electron chi connectivity index (χ0n) is 13.2. The van der Waals surface area contributed by atoms with Crippen LogP contribution in [0.2, 0.25) is 0 Å². The van der Waals surface area contributed by atoms with Crippen LogP contribution in [0.25, 0.3) is 0 Å². The molecule has 0 aliphatic carbocycles. The maximum Gasteiger partial charge on any atom is 0.330 e. The number of aliphatic hydroxyl groups excluding tert-OH is 2. The summed E-state index contributed by atoms with van der Waals surface area (Å²) >= 11 is 0. The van der Waals surface area contributed by atoms with Crippen LogP contribution in [0.5, 0.6) is 0 Å². The molecule has 7 nitrogen and oxygen atoms in total. The highest BCUT2D eigenvalue weighted by atomic mass is 16.5. The van der Waals surface area contributed by atoms with Gasteiger partial charge in [-0.1, -0.05) is 11.8 Å². The van der Waals surface area contributed by atoms with Crippen molar-refractivity contribution in [3.63, 3.8) is 0 Å². The number of ether oxygens (including phenoxy) is 1. The summed E-state index contributed by atoms with van der Waals surface area (Å²) in [6, 6.07) is 0. The molecule has 0 spiro atoms. The lowest BCUT2D eigenvalue weighted by atomic mass is 10.2. The molecule has 128 valence electrons. The molecule has 3 N–H and O–H groups in total. The second-order valence-electron chi connectivity index (χ2n) is 5.54. The van der Waals surface area contributed by atoms with Crippen molar-refractivity contribution in [1.29, 1.82) is 0 Å². The van der Waals surface area contributed by atoms with Crippen molar-refractivity contribution in [2.24, 2.45) is 0 Å². The summed E-state index contributed by atoms with van der Waals surface area (Å²) in [5, 5.41) is 18.9. The molecular formula is C17H20N2O5. The molecular weight excluding hydrogens is 312 g/mol. The largest absolute Gasteiger partial charge is 0.394 e. The summed E-state index contributed by atoms with van der Waals surface area (Å²) in [4.78, 5) is 26.0. The van der Waals surface area contributed by atoms with E-state index >= 15 is 0 Å². The minimum atomic E-state index is -0.871. The Morgan fingerprint density at radius 2 is 2.12 bits per heavy atom. The van der Waals surface area contributed by atoms with Crippen molar-refractivity contribution in [3.8, 4) is 24.2 Å². The van der Waals surface area contributed by atoms with Crippen LogP contribution in [0.15, 0.2) is 15.8 Å². The van der Waals surface area contributed by atoms with Gasteiger partial charge in [-0.2, -0.15) is 0 Å². The predicted octanol–water partition coefficient (Wildman–Crippen LogP) is -0.278. The molecule has 0 bridgehead atoms. The maximum atomic E-state index is 11.9. The molecule has 0 aromatic carbocycles. The fraction of sp³-hybridized carbons (Fsp3) is 0.529. The van der Waals surface area contributed by atoms with Crippen molar-refractivity contribution >= 4 is 0 Å². The van der Waals surface area contributed by atoms with Gasteiger partial charge in [0.1, 0.15) is 17.9 Å². The van der Waals surface area contributed by atoms with Crippen LogP contribution in [0.4, 0.5) is 0 Å². The Morgan fingerprint density at radius 3 is 2.79 bits per heavy atom. The predicted molar refractivity (Wildman–Crippen MR) is 87.1 cm³/mol. The number of hydrogen-bond donors (Lipinski definition) is 3. The standard InChI is InChI=1S/C17H20N2O5/c1-2-3-4-5-6-7-8-12-10-19(17(23)18-16(12)22)15-9-13(21)14(11-20)24-15/h1,10,13-15,20-21H,3-6,9,11H2,(H,18,22,23)/t13-,14?,15?/m1/s1. The molecule has 2 unspecified atom stereocenters. The van der Waals surface area contributed by atoms with Crippen molar-refractivity contribution in [2.45, 2.75) is 50.5 Å². The lowest BCUT2D eigenvalue weighted by Crippen LogP contribution is -2.33. The Morgan fingerprint density at radius 1 is 1.38 bits per heavy atom. The highest BCUT2D eigenvalue weighted by Gasteiger charge is 2.35. The lowest BCUT2D eigenvalue weighted by Gasteiger charge is -2.14. The number of nitrogens with one attached hydrogen (secondary N) is 1. The van der Waals surface area contributed by atoms with Gasteiger partial charge in [-0.3, -0.25) is 14.3 Å². The van der Waals surface area contributed by atoms with Crippen LogP contribution < -0.4 is 11.2 Å². The maximum absolute atomic E-state index is 11.9. The van der Waals surface area contributed by atoms with E-state index in [1.54, 1.807) is 0 Å². The number of nitrogens with zero attached hydrogens (tertiary/aromatic N) is 1. The SMILES string of the molecule is C#CCCCCC#Cc1cn(C2C[C@@H](O)C(CO)O2)c(=O)[nH]c1=O. The molecule has 2 rings (SSSR count). The first-order valence-electron chi connectivity index (χ1n) is 7.79. The second kappa shape index (κ2) is 8.51. The summed E-state index contributed by atoms with van der Waals surface area (Å²) < 4.78 is 6.61. The van der Waals surface area contributed by atoms with Crippen LogP contribution >= 0.6 is 0 Å². The number of hydrogen-bond acceptors (Lipinski definition) is 5. The minimum absolute atomic E-state index is 0.149. The summed E-state index contributed by atoms with van der Waals surface area (Å²) in [5.74, 6) is 8.18. The Balaban J connectivity index is 2.15. The molecule has 2 heterocycles. The average Bonchev–Trinajstić information content (AvgIpc) is 2.93. The zero-order chi connectivity index (χ0) is 17.5. The highest BCUT2D eigenvalue weighted by molar-refractivity contribution is 5.29. The number of terminal acetylenes is 1. The van der Waals surface area contributed by atoms with Crippen LogP contribution in [-0.4, -0.2) is 38.6 Å². The molecule has 0 amide bonds. The molecule has 24 heavy (non-hydrogen) atoms. The first-order valence-corrected chi connectivity index (χ1v) is 7.79. The third-order valence-corrected chi connectivity index (χ3v) is 3.76. The molecule has 0 radical (unpaired) electrons. The van der Waals surface area contributed by atoms with Gasteiger partial charge in [-0.15, -0.1) is 12.3 Å². The van der Waals surface area contributed by atoms with Gasteiger partial charge in [0.2, 0.25) is 0 Å². The summed E-state index contributed by atoms with van der Waals surface area (Å²) in [6.07, 6.45) is 7.27. The van der Waals surface area contributed by atoms with Gasteiger partial charge in [0.15, 0.2) is 0 Å². The Bertz CT molecular complexity index is 777. The number of aliphatic hydroxyl groups is 2.